The van der Waals surface area contributed by atoms with E-state index in [-0.39, 0.29) is 0 Å². The van der Waals surface area contributed by atoms with Crippen LogP contribution in [0.4, 0.5) is 0 Å². The Morgan fingerprint density at radius 2 is 1.62 bits per heavy atom. The molecule has 13 heavy (non-hydrogen) atoms. The van der Waals surface area contributed by atoms with Crippen molar-refractivity contribution in [1.82, 2.24) is 0 Å². The lowest BCUT2D eigenvalue weighted by atomic mass is 10.1. The topological polar surface area (TPSA) is 0 Å². The highest BCUT2D eigenvalue weighted by Crippen LogP contribution is 2.04. The molecule has 0 N–H and O–H groups in total. The maximum atomic E-state index is 3.10. The van der Waals surface area contributed by atoms with Crippen molar-refractivity contribution in [2.24, 2.45) is 0 Å². The van der Waals surface area contributed by atoms with Crippen molar-refractivity contribution in [3.05, 3.63) is 48.6 Å². The summed E-state index contributed by atoms with van der Waals surface area (Å²) < 4.78 is 0. The van der Waals surface area contributed by atoms with Crippen molar-refractivity contribution < 1.29 is 0 Å². The zero-order valence-corrected chi connectivity index (χ0v) is 8.08. The van der Waals surface area contributed by atoms with Crippen LogP contribution in [0.15, 0.2) is 42.5 Å². The first-order valence-corrected chi connectivity index (χ1v) is 5.06. The van der Waals surface area contributed by atoms with Gasteiger partial charge >= 0.3 is 0 Å². The quantitative estimate of drug-likeness (QED) is 0.520. The summed E-state index contributed by atoms with van der Waals surface area (Å²) in [5, 5.41) is 0. The van der Waals surface area contributed by atoms with Gasteiger partial charge in [0.1, 0.15) is 0 Å². The SMILES string of the molecule is [C]1=C/C=C\C=C\CCCCC/C=C/1. The van der Waals surface area contributed by atoms with Crippen LogP contribution in [0.3, 0.4) is 0 Å². The second-order valence-electron chi connectivity index (χ2n) is 3.19. The van der Waals surface area contributed by atoms with Gasteiger partial charge in [0.15, 0.2) is 0 Å². The van der Waals surface area contributed by atoms with Crippen molar-refractivity contribution in [1.29, 1.82) is 0 Å². The maximum Gasteiger partial charge on any atom is -0.0187 e. The molecule has 0 aromatic rings. The third-order valence-corrected chi connectivity index (χ3v) is 2.01. The predicted octanol–water partition coefficient (Wildman–Crippen LogP) is 3.98. The highest BCUT2D eigenvalue weighted by Gasteiger charge is 1.85. The molecule has 0 aromatic carbocycles. The lowest BCUT2D eigenvalue weighted by Gasteiger charge is -1.93. The van der Waals surface area contributed by atoms with Gasteiger partial charge in [0.05, 0.1) is 0 Å². The molecule has 0 aliphatic heterocycles. The zero-order chi connectivity index (χ0) is 9.19. The Morgan fingerprint density at radius 1 is 0.769 bits per heavy atom. The molecule has 0 saturated heterocycles. The molecule has 1 rings (SSSR count). The van der Waals surface area contributed by atoms with Gasteiger partial charge in [0, 0.05) is 0 Å². The molecule has 0 fully saturated rings. The highest BCUT2D eigenvalue weighted by atomic mass is 13.9. The largest absolute Gasteiger partial charge is 0.0845 e. The average molecular weight is 173 g/mol. The summed E-state index contributed by atoms with van der Waals surface area (Å²) in [5.74, 6) is 0. The molecule has 0 unspecified atom stereocenters. The van der Waals surface area contributed by atoms with Crippen LogP contribution in [0.1, 0.15) is 32.1 Å². The smallest absolute Gasteiger partial charge is 0.0187 e. The van der Waals surface area contributed by atoms with Crippen LogP contribution in [-0.4, -0.2) is 0 Å². The number of allylic oxidation sites excluding steroid dienone is 8. The van der Waals surface area contributed by atoms with E-state index in [0.717, 1.165) is 0 Å². The van der Waals surface area contributed by atoms with E-state index in [9.17, 15) is 0 Å². The van der Waals surface area contributed by atoms with Crippen LogP contribution < -0.4 is 0 Å². The number of hydrogen-bond acceptors (Lipinski definition) is 0. The Hall–Kier alpha value is -1.04. The molecular formula is C13H17. The molecule has 1 aliphatic rings. The second kappa shape index (κ2) is 7.60. The summed E-state index contributed by atoms with van der Waals surface area (Å²) in [4.78, 5) is 0. The molecule has 0 heteroatoms. The van der Waals surface area contributed by atoms with E-state index in [1.807, 2.05) is 18.2 Å². The van der Waals surface area contributed by atoms with Gasteiger partial charge in [-0.1, -0.05) is 49.0 Å². The maximum absolute atomic E-state index is 3.10. The number of rotatable bonds is 0. The van der Waals surface area contributed by atoms with E-state index in [0.29, 0.717) is 0 Å². The fourth-order valence-corrected chi connectivity index (χ4v) is 1.26. The van der Waals surface area contributed by atoms with Crippen LogP contribution in [-0.2, 0) is 0 Å². The fourth-order valence-electron chi connectivity index (χ4n) is 1.26. The Morgan fingerprint density at radius 3 is 2.54 bits per heavy atom. The van der Waals surface area contributed by atoms with Crippen molar-refractivity contribution in [3.63, 3.8) is 0 Å². The van der Waals surface area contributed by atoms with Gasteiger partial charge in [-0.05, 0) is 31.8 Å². The van der Waals surface area contributed by atoms with Crippen LogP contribution in [0.25, 0.3) is 0 Å². The van der Waals surface area contributed by atoms with Crippen LogP contribution in [0.2, 0.25) is 0 Å². The molecule has 69 valence electrons. The minimum atomic E-state index is 1.19. The molecule has 0 bridgehead atoms. The summed E-state index contributed by atoms with van der Waals surface area (Å²) in [6.07, 6.45) is 24.0. The van der Waals surface area contributed by atoms with Crippen LogP contribution >= 0.6 is 0 Å². The second-order valence-corrected chi connectivity index (χ2v) is 3.19. The Kier molecular flexibility index (Phi) is 5.87. The summed E-state index contributed by atoms with van der Waals surface area (Å²) in [7, 11) is 0. The molecular weight excluding hydrogens is 156 g/mol. The standard InChI is InChI=1S/C13H17/c1-2-4-6-8-10-12-13-11-9-7-5-3-1/h1-5,9,11H,6,8,10,12-13H2/b3-1-,4-2+,7-5?,11-9+. The highest BCUT2D eigenvalue weighted by molar-refractivity contribution is 5.12. The first-order chi connectivity index (χ1) is 6.50. The monoisotopic (exact) mass is 173 g/mol. The van der Waals surface area contributed by atoms with Crippen LogP contribution in [0.5, 0.6) is 0 Å². The molecule has 1 radical (unpaired) electrons. The summed E-state index contributed by atoms with van der Waals surface area (Å²) in [5.41, 5.74) is 0. The van der Waals surface area contributed by atoms with Crippen molar-refractivity contribution >= 4 is 0 Å². The zero-order valence-electron chi connectivity index (χ0n) is 8.08. The molecule has 1 aliphatic carbocycles. The molecule has 0 nitrogen and oxygen atoms in total. The fraction of sp³-hybridized carbons (Fsp3) is 0.385. The van der Waals surface area contributed by atoms with E-state index < -0.39 is 0 Å². The Bertz CT molecular complexity index is 192. The van der Waals surface area contributed by atoms with E-state index in [1.54, 1.807) is 0 Å². The third kappa shape index (κ3) is 6.15. The van der Waals surface area contributed by atoms with Crippen molar-refractivity contribution in [2.45, 2.75) is 32.1 Å². The van der Waals surface area contributed by atoms with Gasteiger partial charge < -0.3 is 0 Å². The normalized spacial score (nSPS) is 28.9. The third-order valence-electron chi connectivity index (χ3n) is 2.01. The van der Waals surface area contributed by atoms with Gasteiger partial charge in [-0.15, -0.1) is 0 Å². The summed E-state index contributed by atoms with van der Waals surface area (Å²) in [6.45, 7) is 0. The van der Waals surface area contributed by atoms with Crippen LogP contribution in [0, 0.1) is 6.08 Å². The first kappa shape index (κ1) is 10.0. The number of hydrogen-bond donors (Lipinski definition) is 0. The molecule has 0 aromatic heterocycles. The first-order valence-electron chi connectivity index (χ1n) is 5.06. The lowest BCUT2D eigenvalue weighted by Crippen LogP contribution is -1.74. The lowest BCUT2D eigenvalue weighted by molar-refractivity contribution is 0.696. The van der Waals surface area contributed by atoms with Gasteiger partial charge in [-0.25, -0.2) is 0 Å². The van der Waals surface area contributed by atoms with E-state index >= 15 is 0 Å². The Balaban J connectivity index is 2.39. The van der Waals surface area contributed by atoms with E-state index in [4.69, 9.17) is 0 Å². The van der Waals surface area contributed by atoms with Gasteiger partial charge in [0.2, 0.25) is 0 Å². The van der Waals surface area contributed by atoms with Gasteiger partial charge in [-0.2, -0.15) is 0 Å². The Labute approximate surface area is 81.4 Å². The predicted molar refractivity (Wildman–Crippen MR) is 58.3 cm³/mol. The minimum absolute atomic E-state index is 1.19. The molecule has 0 atom stereocenters. The van der Waals surface area contributed by atoms with E-state index in [2.05, 4.69) is 30.4 Å². The van der Waals surface area contributed by atoms with E-state index in [1.165, 1.54) is 32.1 Å². The molecule has 0 amide bonds. The molecule has 0 heterocycles. The summed E-state index contributed by atoms with van der Waals surface area (Å²) >= 11 is 0. The van der Waals surface area contributed by atoms with Crippen molar-refractivity contribution in [2.75, 3.05) is 0 Å². The molecule has 0 saturated carbocycles. The minimum Gasteiger partial charge on any atom is -0.0845 e. The summed E-state index contributed by atoms with van der Waals surface area (Å²) in [6, 6.07) is 0. The van der Waals surface area contributed by atoms with Gasteiger partial charge in [-0.3, -0.25) is 0 Å². The average Bonchev–Trinajstić information content (AvgIpc) is 2.18. The molecule has 0 spiro atoms. The van der Waals surface area contributed by atoms with Gasteiger partial charge in [0.25, 0.3) is 0 Å². The van der Waals surface area contributed by atoms with Crippen molar-refractivity contribution in [3.8, 4) is 0 Å².